The molecule has 0 radical (unpaired) electrons. The number of alkyl carbamates (subject to hydrolysis) is 1. The van der Waals surface area contributed by atoms with Crippen LogP contribution in [0.2, 0.25) is 0 Å². The average Bonchev–Trinajstić information content (AvgIpc) is 3.45. The Bertz CT molecular complexity index is 1270. The summed E-state index contributed by atoms with van der Waals surface area (Å²) in [5.41, 5.74) is 4.66. The summed E-state index contributed by atoms with van der Waals surface area (Å²) < 4.78 is 10.8. The summed E-state index contributed by atoms with van der Waals surface area (Å²) in [6.45, 7) is 6.72. The second kappa shape index (κ2) is 10.3. The molecule has 0 saturated carbocycles. The predicted molar refractivity (Wildman–Crippen MR) is 148 cm³/mol. The van der Waals surface area contributed by atoms with Crippen molar-refractivity contribution in [3.05, 3.63) is 95.6 Å². The number of hydrogen-bond donors (Lipinski definition) is 1. The molecular weight excluding hydrogens is 476 g/mol. The molecule has 1 N–H and O–H groups in total. The third kappa shape index (κ3) is 4.58. The Hall–Kier alpha value is -3.64. The highest BCUT2D eigenvalue weighted by Gasteiger charge is 2.55. The number of hydrogen-bond acceptors (Lipinski definition) is 5. The van der Waals surface area contributed by atoms with Crippen LogP contribution in [-0.2, 0) is 19.8 Å². The zero-order chi connectivity index (χ0) is 26.9. The zero-order valence-corrected chi connectivity index (χ0v) is 22.6. The predicted octanol–water partition coefficient (Wildman–Crippen LogP) is 5.74. The van der Waals surface area contributed by atoms with Crippen molar-refractivity contribution in [3.63, 3.8) is 0 Å². The maximum Gasteiger partial charge on any atom is 0.407 e. The van der Waals surface area contributed by atoms with Gasteiger partial charge in [0.05, 0.1) is 12.6 Å². The van der Waals surface area contributed by atoms with Crippen molar-refractivity contribution in [1.82, 2.24) is 10.2 Å². The Labute approximate surface area is 225 Å². The van der Waals surface area contributed by atoms with Gasteiger partial charge in [0.2, 0.25) is 0 Å². The van der Waals surface area contributed by atoms with E-state index in [0.717, 1.165) is 12.0 Å². The fraction of sp³-hybridized carbons (Fsp3) is 0.375. The second-order valence-electron chi connectivity index (χ2n) is 11.2. The second-order valence-corrected chi connectivity index (χ2v) is 11.2. The van der Waals surface area contributed by atoms with Crippen LogP contribution in [0.25, 0.3) is 11.1 Å². The van der Waals surface area contributed by atoms with Gasteiger partial charge in [-0.05, 0) is 67.3 Å². The van der Waals surface area contributed by atoms with E-state index in [-0.39, 0.29) is 11.9 Å². The van der Waals surface area contributed by atoms with Crippen LogP contribution < -0.4 is 5.32 Å². The van der Waals surface area contributed by atoms with E-state index in [1.54, 1.807) is 0 Å². The van der Waals surface area contributed by atoms with Gasteiger partial charge in [-0.3, -0.25) is 9.69 Å². The van der Waals surface area contributed by atoms with Gasteiger partial charge in [0.15, 0.2) is 0 Å². The third-order valence-electron chi connectivity index (χ3n) is 7.63. The molecule has 6 heteroatoms. The highest BCUT2D eigenvalue weighted by atomic mass is 16.6. The standard InChI is InChI=1S/C32H36N2O4/c1-31(2,3)38-30(36)33-19-18-22-20-28(29(35)37-4)34(21-22)32(23-12-6-5-7-13-23)26-16-10-8-14-24(26)25-15-9-11-17-27(25)32/h5-17,22,28H,18-21H2,1-4H3,(H,33,36). The first kappa shape index (κ1) is 26.0. The number of rotatable bonds is 6. The van der Waals surface area contributed by atoms with Gasteiger partial charge < -0.3 is 14.8 Å². The van der Waals surface area contributed by atoms with Gasteiger partial charge in [-0.25, -0.2) is 4.79 Å². The molecule has 2 aliphatic rings. The molecule has 6 nitrogen and oxygen atoms in total. The van der Waals surface area contributed by atoms with Gasteiger partial charge in [-0.1, -0.05) is 78.9 Å². The third-order valence-corrected chi connectivity index (χ3v) is 7.63. The minimum Gasteiger partial charge on any atom is -0.468 e. The minimum atomic E-state index is -0.638. The number of methoxy groups -OCH3 is 1. The smallest absolute Gasteiger partial charge is 0.407 e. The molecule has 1 aliphatic carbocycles. The molecule has 3 aromatic carbocycles. The van der Waals surface area contributed by atoms with E-state index in [0.29, 0.717) is 19.5 Å². The maximum atomic E-state index is 13.3. The van der Waals surface area contributed by atoms with Crippen LogP contribution in [0, 0.1) is 5.92 Å². The largest absolute Gasteiger partial charge is 0.468 e. The van der Waals surface area contributed by atoms with Crippen LogP contribution >= 0.6 is 0 Å². The Morgan fingerprint density at radius 1 is 0.921 bits per heavy atom. The molecule has 0 aromatic heterocycles. The number of benzene rings is 3. The molecule has 2 atom stereocenters. The lowest BCUT2D eigenvalue weighted by Gasteiger charge is -2.44. The van der Waals surface area contributed by atoms with Crippen molar-refractivity contribution in [2.24, 2.45) is 5.92 Å². The summed E-state index contributed by atoms with van der Waals surface area (Å²) in [5, 5.41) is 2.89. The van der Waals surface area contributed by atoms with Crippen LogP contribution in [0.4, 0.5) is 4.79 Å². The molecule has 1 amide bonds. The fourth-order valence-corrected chi connectivity index (χ4v) is 6.23. The van der Waals surface area contributed by atoms with Crippen LogP contribution in [0.15, 0.2) is 78.9 Å². The Morgan fingerprint density at radius 3 is 2.08 bits per heavy atom. The van der Waals surface area contributed by atoms with Gasteiger partial charge in [-0.15, -0.1) is 0 Å². The Balaban J connectivity index is 1.55. The summed E-state index contributed by atoms with van der Waals surface area (Å²) >= 11 is 0. The van der Waals surface area contributed by atoms with Crippen molar-refractivity contribution >= 4 is 12.1 Å². The molecule has 1 heterocycles. The van der Waals surface area contributed by atoms with E-state index >= 15 is 0 Å². The molecule has 1 saturated heterocycles. The van der Waals surface area contributed by atoms with Crippen molar-refractivity contribution < 1.29 is 19.1 Å². The van der Waals surface area contributed by atoms with E-state index in [2.05, 4.69) is 83.0 Å². The molecule has 0 bridgehead atoms. The lowest BCUT2D eigenvalue weighted by atomic mass is 9.78. The molecular formula is C32H36N2O4. The quantitative estimate of drug-likeness (QED) is 0.427. The summed E-state index contributed by atoms with van der Waals surface area (Å²) in [7, 11) is 1.46. The lowest BCUT2D eigenvalue weighted by Crippen LogP contribution is -2.52. The van der Waals surface area contributed by atoms with E-state index in [1.165, 1.54) is 29.4 Å². The highest BCUT2D eigenvalue weighted by Crippen LogP contribution is 2.56. The number of nitrogens with one attached hydrogen (secondary N) is 1. The molecule has 198 valence electrons. The van der Waals surface area contributed by atoms with Gasteiger partial charge in [0.1, 0.15) is 11.6 Å². The number of esters is 1. The summed E-state index contributed by atoms with van der Waals surface area (Å²) in [6, 6.07) is 27.1. The Morgan fingerprint density at radius 2 is 1.50 bits per heavy atom. The van der Waals surface area contributed by atoms with Crippen LogP contribution in [0.1, 0.15) is 50.3 Å². The van der Waals surface area contributed by atoms with Crippen molar-refractivity contribution in [3.8, 4) is 11.1 Å². The normalized spacial score (nSPS) is 19.9. The van der Waals surface area contributed by atoms with Gasteiger partial charge in [0, 0.05) is 13.1 Å². The molecule has 5 rings (SSSR count). The van der Waals surface area contributed by atoms with Crippen LogP contribution in [0.5, 0.6) is 0 Å². The molecule has 2 unspecified atom stereocenters. The molecule has 3 aromatic rings. The fourth-order valence-electron chi connectivity index (χ4n) is 6.23. The van der Waals surface area contributed by atoms with Gasteiger partial charge in [0.25, 0.3) is 0 Å². The molecule has 1 fully saturated rings. The minimum absolute atomic E-state index is 0.189. The van der Waals surface area contributed by atoms with E-state index < -0.39 is 23.3 Å². The number of amides is 1. The van der Waals surface area contributed by atoms with Crippen molar-refractivity contribution in [2.45, 2.75) is 50.8 Å². The maximum absolute atomic E-state index is 13.3. The highest BCUT2D eigenvalue weighted by molar-refractivity contribution is 5.84. The number of fused-ring (bicyclic) bond motifs is 3. The first-order valence-electron chi connectivity index (χ1n) is 13.3. The summed E-state index contributed by atoms with van der Waals surface area (Å²) in [4.78, 5) is 27.9. The van der Waals surface area contributed by atoms with Crippen LogP contribution in [0.3, 0.4) is 0 Å². The zero-order valence-electron chi connectivity index (χ0n) is 22.6. The number of carbonyl (C=O) groups is 2. The lowest BCUT2D eigenvalue weighted by molar-refractivity contribution is -0.147. The average molecular weight is 513 g/mol. The monoisotopic (exact) mass is 512 g/mol. The van der Waals surface area contributed by atoms with Crippen molar-refractivity contribution in [2.75, 3.05) is 20.2 Å². The number of ether oxygens (including phenoxy) is 2. The van der Waals surface area contributed by atoms with E-state index in [1.807, 2.05) is 26.8 Å². The first-order chi connectivity index (χ1) is 18.3. The van der Waals surface area contributed by atoms with Crippen LogP contribution in [-0.4, -0.2) is 48.8 Å². The molecule has 1 aliphatic heterocycles. The van der Waals surface area contributed by atoms with E-state index in [4.69, 9.17) is 9.47 Å². The van der Waals surface area contributed by atoms with Gasteiger partial charge >= 0.3 is 12.1 Å². The topological polar surface area (TPSA) is 67.9 Å². The Kier molecular flexibility index (Phi) is 7.01. The summed E-state index contributed by atoms with van der Waals surface area (Å²) in [5.74, 6) is -0.0423. The summed E-state index contributed by atoms with van der Waals surface area (Å²) in [6.07, 6.45) is 0.968. The number of nitrogens with zero attached hydrogens (tertiary/aromatic N) is 1. The first-order valence-corrected chi connectivity index (χ1v) is 13.3. The van der Waals surface area contributed by atoms with E-state index in [9.17, 15) is 9.59 Å². The van der Waals surface area contributed by atoms with Crippen molar-refractivity contribution in [1.29, 1.82) is 0 Å². The SMILES string of the molecule is COC(=O)C1CC(CCNC(=O)OC(C)(C)C)CN1C1(c2ccccc2)c2ccccc2-c2ccccc21. The number of likely N-dealkylation sites (tertiary alicyclic amines) is 1. The molecule has 38 heavy (non-hydrogen) atoms. The molecule has 0 spiro atoms. The van der Waals surface area contributed by atoms with Gasteiger partial charge in [-0.2, -0.15) is 0 Å². The number of carbonyl (C=O) groups excluding carboxylic acids is 2.